The third-order valence-corrected chi connectivity index (χ3v) is 5.52. The van der Waals surface area contributed by atoms with Crippen molar-refractivity contribution in [1.82, 2.24) is 10.3 Å². The molecule has 0 saturated heterocycles. The zero-order chi connectivity index (χ0) is 23.9. The number of benzene rings is 3. The number of hydrogen-bond donors (Lipinski definition) is 2. The average molecular weight is 453 g/mol. The summed E-state index contributed by atoms with van der Waals surface area (Å²) in [5.41, 5.74) is 4.87. The smallest absolute Gasteiger partial charge is 0.326 e. The first kappa shape index (κ1) is 22.7. The summed E-state index contributed by atoms with van der Waals surface area (Å²) in [5, 5.41) is 12.2. The van der Waals surface area contributed by atoms with Gasteiger partial charge in [-0.2, -0.15) is 0 Å². The van der Waals surface area contributed by atoms with E-state index in [1.54, 1.807) is 25.4 Å². The quantitative estimate of drug-likeness (QED) is 0.399. The van der Waals surface area contributed by atoms with E-state index < -0.39 is 17.9 Å². The molecule has 0 bridgehead atoms. The summed E-state index contributed by atoms with van der Waals surface area (Å²) in [5.74, 6) is -0.882. The van der Waals surface area contributed by atoms with Gasteiger partial charge in [0.15, 0.2) is 0 Å². The minimum absolute atomic E-state index is 0.155. The fraction of sp³-hybridized carbons (Fsp3) is 0.107. The number of ether oxygens (including phenoxy) is 1. The molecule has 0 aliphatic heterocycles. The molecule has 1 unspecified atom stereocenters. The molecule has 1 aromatic heterocycles. The van der Waals surface area contributed by atoms with Gasteiger partial charge in [-0.05, 0) is 40.5 Å². The predicted molar refractivity (Wildman–Crippen MR) is 131 cm³/mol. The molecular weight excluding hydrogens is 428 g/mol. The Kier molecular flexibility index (Phi) is 6.98. The highest BCUT2D eigenvalue weighted by atomic mass is 16.5. The van der Waals surface area contributed by atoms with Crippen molar-refractivity contribution in [1.29, 1.82) is 0 Å². The van der Waals surface area contributed by atoms with Crippen LogP contribution in [-0.2, 0) is 11.2 Å². The van der Waals surface area contributed by atoms with E-state index in [9.17, 15) is 14.7 Å². The number of aromatic nitrogens is 1. The third kappa shape index (κ3) is 5.48. The van der Waals surface area contributed by atoms with Gasteiger partial charge in [0.25, 0.3) is 5.91 Å². The second kappa shape index (κ2) is 10.4. The number of carboxylic acid groups (broad SMARTS) is 1. The minimum atomic E-state index is -1.10. The van der Waals surface area contributed by atoms with E-state index in [1.165, 1.54) is 0 Å². The monoisotopic (exact) mass is 452 g/mol. The van der Waals surface area contributed by atoms with Crippen LogP contribution < -0.4 is 10.1 Å². The van der Waals surface area contributed by atoms with Crippen molar-refractivity contribution in [3.05, 3.63) is 108 Å². The molecule has 2 N–H and O–H groups in total. The number of carbonyl (C=O) groups excluding carboxylic acids is 1. The molecule has 0 aliphatic carbocycles. The predicted octanol–water partition coefficient (Wildman–Crippen LogP) is 4.85. The van der Waals surface area contributed by atoms with Gasteiger partial charge in [0.2, 0.25) is 0 Å². The van der Waals surface area contributed by atoms with Crippen LogP contribution in [-0.4, -0.2) is 35.1 Å². The highest BCUT2D eigenvalue weighted by molar-refractivity contribution is 5.95. The lowest BCUT2D eigenvalue weighted by Gasteiger charge is -2.15. The molecule has 3 aromatic carbocycles. The lowest BCUT2D eigenvalue weighted by molar-refractivity contribution is -0.139. The number of pyridine rings is 1. The second-order valence-corrected chi connectivity index (χ2v) is 7.79. The van der Waals surface area contributed by atoms with E-state index in [4.69, 9.17) is 4.74 Å². The van der Waals surface area contributed by atoms with Gasteiger partial charge in [0.05, 0.1) is 7.11 Å². The molecule has 6 heteroatoms. The van der Waals surface area contributed by atoms with Crippen molar-refractivity contribution < 1.29 is 19.4 Å². The first-order valence-electron chi connectivity index (χ1n) is 10.8. The van der Waals surface area contributed by atoms with Crippen LogP contribution in [0.1, 0.15) is 16.1 Å². The molecule has 1 heterocycles. The van der Waals surface area contributed by atoms with Crippen molar-refractivity contribution in [2.45, 2.75) is 12.5 Å². The fourth-order valence-corrected chi connectivity index (χ4v) is 3.61. The van der Waals surface area contributed by atoms with Gasteiger partial charge in [-0.3, -0.25) is 9.78 Å². The first-order valence-corrected chi connectivity index (χ1v) is 10.8. The summed E-state index contributed by atoms with van der Waals surface area (Å²) in [4.78, 5) is 28.7. The number of hydrogen-bond acceptors (Lipinski definition) is 4. The molecule has 4 aromatic rings. The summed E-state index contributed by atoms with van der Waals surface area (Å²) in [6, 6.07) is 27.4. The Morgan fingerprint density at radius 1 is 0.824 bits per heavy atom. The summed E-state index contributed by atoms with van der Waals surface area (Å²) in [7, 11) is 1.61. The first-order chi connectivity index (χ1) is 16.5. The molecule has 1 atom stereocenters. The van der Waals surface area contributed by atoms with E-state index in [1.807, 2.05) is 78.9 Å². The van der Waals surface area contributed by atoms with E-state index >= 15 is 0 Å². The maximum atomic E-state index is 12.7. The van der Waals surface area contributed by atoms with Gasteiger partial charge in [0, 0.05) is 18.2 Å². The van der Waals surface area contributed by atoms with E-state index in [0.717, 1.165) is 33.6 Å². The molecule has 0 aliphatic rings. The van der Waals surface area contributed by atoms with Crippen LogP contribution in [0.25, 0.3) is 22.3 Å². The summed E-state index contributed by atoms with van der Waals surface area (Å²) < 4.78 is 5.16. The number of carbonyl (C=O) groups is 2. The lowest BCUT2D eigenvalue weighted by Crippen LogP contribution is -2.42. The number of nitrogens with one attached hydrogen (secondary N) is 1. The SMILES string of the molecule is COc1ccc(-c2ccc(C(=O)NC(Cc3ccc(-c4ccccc4)cc3)C(=O)O)nc2)cc1. The van der Waals surface area contributed by atoms with Gasteiger partial charge < -0.3 is 15.2 Å². The molecule has 4 rings (SSSR count). The van der Waals surface area contributed by atoms with Crippen molar-refractivity contribution in [3.8, 4) is 28.0 Å². The third-order valence-electron chi connectivity index (χ3n) is 5.52. The lowest BCUT2D eigenvalue weighted by atomic mass is 10.0. The van der Waals surface area contributed by atoms with Gasteiger partial charge in [0.1, 0.15) is 17.5 Å². The minimum Gasteiger partial charge on any atom is -0.497 e. The summed E-state index contributed by atoms with van der Waals surface area (Å²) >= 11 is 0. The van der Waals surface area contributed by atoms with E-state index in [2.05, 4.69) is 10.3 Å². The molecule has 6 nitrogen and oxygen atoms in total. The Balaban J connectivity index is 1.42. The van der Waals surface area contributed by atoms with Crippen LogP contribution in [0.3, 0.4) is 0 Å². The Morgan fingerprint density at radius 3 is 2.00 bits per heavy atom. The molecule has 170 valence electrons. The van der Waals surface area contributed by atoms with Crippen molar-refractivity contribution in [2.24, 2.45) is 0 Å². The molecule has 0 spiro atoms. The summed E-state index contributed by atoms with van der Waals surface area (Å²) in [6.07, 6.45) is 1.76. The number of carboxylic acids is 1. The Morgan fingerprint density at radius 2 is 1.41 bits per heavy atom. The highest BCUT2D eigenvalue weighted by Crippen LogP contribution is 2.22. The van der Waals surface area contributed by atoms with Crippen LogP contribution >= 0.6 is 0 Å². The van der Waals surface area contributed by atoms with Crippen LogP contribution in [0.15, 0.2) is 97.2 Å². The molecule has 0 radical (unpaired) electrons. The van der Waals surface area contributed by atoms with Gasteiger partial charge in [-0.1, -0.05) is 72.8 Å². The number of aliphatic carboxylic acids is 1. The van der Waals surface area contributed by atoms with Crippen molar-refractivity contribution in [3.63, 3.8) is 0 Å². The molecule has 1 amide bonds. The number of methoxy groups -OCH3 is 1. The van der Waals surface area contributed by atoms with E-state index in [0.29, 0.717) is 0 Å². The summed E-state index contributed by atoms with van der Waals surface area (Å²) in [6.45, 7) is 0. The van der Waals surface area contributed by atoms with Crippen LogP contribution in [0, 0.1) is 0 Å². The zero-order valence-electron chi connectivity index (χ0n) is 18.6. The second-order valence-electron chi connectivity index (χ2n) is 7.79. The standard InChI is InChI=1S/C28H24N2O4/c1-34-24-14-11-22(12-15-24)23-13-16-25(29-18-23)27(31)30-26(28(32)33)17-19-7-9-21(10-8-19)20-5-3-2-4-6-20/h2-16,18,26H,17H2,1H3,(H,30,31)(H,32,33). The van der Waals surface area contributed by atoms with Crippen LogP contribution in [0.5, 0.6) is 5.75 Å². The van der Waals surface area contributed by atoms with Crippen molar-refractivity contribution in [2.75, 3.05) is 7.11 Å². The Bertz CT molecular complexity index is 1250. The number of amides is 1. The van der Waals surface area contributed by atoms with E-state index in [-0.39, 0.29) is 12.1 Å². The maximum Gasteiger partial charge on any atom is 0.326 e. The zero-order valence-corrected chi connectivity index (χ0v) is 18.6. The van der Waals surface area contributed by atoms with Gasteiger partial charge in [-0.15, -0.1) is 0 Å². The fourth-order valence-electron chi connectivity index (χ4n) is 3.61. The van der Waals surface area contributed by atoms with Crippen LogP contribution in [0.4, 0.5) is 0 Å². The number of rotatable bonds is 8. The highest BCUT2D eigenvalue weighted by Gasteiger charge is 2.22. The molecule has 34 heavy (non-hydrogen) atoms. The number of nitrogens with zero attached hydrogens (tertiary/aromatic N) is 1. The Hall–Kier alpha value is -4.45. The molecule has 0 fully saturated rings. The molecule has 0 saturated carbocycles. The average Bonchev–Trinajstić information content (AvgIpc) is 2.89. The van der Waals surface area contributed by atoms with Gasteiger partial charge >= 0.3 is 5.97 Å². The normalized spacial score (nSPS) is 11.4. The van der Waals surface area contributed by atoms with Gasteiger partial charge in [-0.25, -0.2) is 4.79 Å². The van der Waals surface area contributed by atoms with Crippen molar-refractivity contribution >= 4 is 11.9 Å². The van der Waals surface area contributed by atoms with Crippen LogP contribution in [0.2, 0.25) is 0 Å². The largest absolute Gasteiger partial charge is 0.497 e. The Labute approximate surface area is 197 Å². The maximum absolute atomic E-state index is 12.7. The topological polar surface area (TPSA) is 88.5 Å². The molecular formula is C28H24N2O4.